The zero-order valence-electron chi connectivity index (χ0n) is 9.83. The summed E-state index contributed by atoms with van der Waals surface area (Å²) < 4.78 is 10.3. The van der Waals surface area contributed by atoms with Crippen molar-refractivity contribution in [3.63, 3.8) is 0 Å². The number of H-pyrrole nitrogens is 1. The Morgan fingerprint density at radius 2 is 1.88 bits per heavy atom. The van der Waals surface area contributed by atoms with E-state index in [2.05, 4.69) is 15.3 Å². The fourth-order valence-electron chi connectivity index (χ4n) is 1.58. The van der Waals surface area contributed by atoms with E-state index in [-0.39, 0.29) is 5.56 Å². The number of fused-ring (bicyclic) bond motifs is 1. The Bertz CT molecular complexity index is 607. The largest absolute Gasteiger partial charge is 0.493 e. The van der Waals surface area contributed by atoms with Crippen LogP contribution in [0.25, 0.3) is 10.9 Å². The van der Waals surface area contributed by atoms with Gasteiger partial charge in [-0.05, 0) is 6.07 Å². The maximum atomic E-state index is 11.8. The van der Waals surface area contributed by atoms with Crippen LogP contribution < -0.4 is 20.3 Å². The second-order valence-electron chi connectivity index (χ2n) is 3.39. The van der Waals surface area contributed by atoms with Crippen LogP contribution in [0, 0.1) is 0 Å². The molecule has 0 radical (unpaired) electrons. The van der Waals surface area contributed by atoms with E-state index in [0.29, 0.717) is 28.4 Å². The van der Waals surface area contributed by atoms with Crippen molar-refractivity contribution in [2.45, 2.75) is 0 Å². The van der Waals surface area contributed by atoms with E-state index < -0.39 is 0 Å². The molecule has 6 heteroatoms. The van der Waals surface area contributed by atoms with E-state index in [1.807, 2.05) is 0 Å². The van der Waals surface area contributed by atoms with Gasteiger partial charge in [0, 0.05) is 13.1 Å². The van der Waals surface area contributed by atoms with Crippen molar-refractivity contribution in [3.8, 4) is 11.5 Å². The zero-order chi connectivity index (χ0) is 12.4. The number of ether oxygens (including phenoxy) is 2. The lowest BCUT2D eigenvalue weighted by atomic mass is 10.2. The number of rotatable bonds is 3. The van der Waals surface area contributed by atoms with Gasteiger partial charge in [0.15, 0.2) is 11.5 Å². The first kappa shape index (κ1) is 11.3. The second kappa shape index (κ2) is 4.32. The van der Waals surface area contributed by atoms with Crippen LogP contribution >= 0.6 is 0 Å². The summed E-state index contributed by atoms with van der Waals surface area (Å²) in [5.41, 5.74) is 0.330. The van der Waals surface area contributed by atoms with Crippen LogP contribution in [0.4, 0.5) is 5.95 Å². The molecule has 0 aliphatic rings. The molecule has 0 aliphatic carbocycles. The van der Waals surface area contributed by atoms with Gasteiger partial charge in [-0.25, -0.2) is 4.98 Å². The number of anilines is 1. The molecule has 0 saturated carbocycles. The van der Waals surface area contributed by atoms with E-state index in [1.54, 1.807) is 19.2 Å². The van der Waals surface area contributed by atoms with E-state index in [4.69, 9.17) is 9.47 Å². The molecule has 2 aromatic rings. The van der Waals surface area contributed by atoms with Crippen LogP contribution in [0.15, 0.2) is 16.9 Å². The molecule has 0 aliphatic heterocycles. The highest BCUT2D eigenvalue weighted by atomic mass is 16.5. The third kappa shape index (κ3) is 1.89. The summed E-state index contributed by atoms with van der Waals surface area (Å²) in [6, 6.07) is 3.28. The van der Waals surface area contributed by atoms with Crippen molar-refractivity contribution < 1.29 is 9.47 Å². The minimum Gasteiger partial charge on any atom is -0.493 e. The Morgan fingerprint density at radius 3 is 2.47 bits per heavy atom. The summed E-state index contributed by atoms with van der Waals surface area (Å²) in [5, 5.41) is 3.25. The highest BCUT2D eigenvalue weighted by Gasteiger charge is 2.10. The Kier molecular flexibility index (Phi) is 2.86. The first-order chi connectivity index (χ1) is 8.19. The summed E-state index contributed by atoms with van der Waals surface area (Å²) >= 11 is 0. The van der Waals surface area contributed by atoms with Crippen LogP contribution in [0.1, 0.15) is 0 Å². The van der Waals surface area contributed by atoms with Crippen molar-refractivity contribution >= 4 is 16.9 Å². The first-order valence-electron chi connectivity index (χ1n) is 5.03. The number of nitrogens with one attached hydrogen (secondary N) is 2. The van der Waals surface area contributed by atoms with Crippen LogP contribution in [0.5, 0.6) is 11.5 Å². The summed E-state index contributed by atoms with van der Waals surface area (Å²) in [5.74, 6) is 1.46. The predicted octanol–water partition coefficient (Wildman–Crippen LogP) is 0.982. The average Bonchev–Trinajstić information content (AvgIpc) is 2.36. The number of aromatic nitrogens is 2. The molecule has 0 spiro atoms. The summed E-state index contributed by atoms with van der Waals surface area (Å²) in [4.78, 5) is 18.6. The van der Waals surface area contributed by atoms with Gasteiger partial charge in [-0.3, -0.25) is 9.78 Å². The number of hydrogen-bond acceptors (Lipinski definition) is 5. The normalized spacial score (nSPS) is 10.3. The smallest absolute Gasteiger partial charge is 0.260 e. The monoisotopic (exact) mass is 235 g/mol. The lowest BCUT2D eigenvalue weighted by molar-refractivity contribution is 0.355. The Hall–Kier alpha value is -2.24. The number of methoxy groups -OCH3 is 2. The number of nitrogens with zero attached hydrogens (tertiary/aromatic N) is 1. The van der Waals surface area contributed by atoms with Crippen LogP contribution in [0.2, 0.25) is 0 Å². The molecule has 0 amide bonds. The molecule has 2 N–H and O–H groups in total. The number of hydrogen-bond donors (Lipinski definition) is 2. The van der Waals surface area contributed by atoms with Crippen LogP contribution in [0.3, 0.4) is 0 Å². The van der Waals surface area contributed by atoms with E-state index in [9.17, 15) is 4.79 Å². The van der Waals surface area contributed by atoms with Gasteiger partial charge in [0.1, 0.15) is 0 Å². The fraction of sp³-hybridized carbons (Fsp3) is 0.273. The second-order valence-corrected chi connectivity index (χ2v) is 3.39. The Balaban J connectivity index is 2.78. The number of benzene rings is 1. The minimum atomic E-state index is -0.222. The van der Waals surface area contributed by atoms with Gasteiger partial charge >= 0.3 is 0 Å². The molecular weight excluding hydrogens is 222 g/mol. The van der Waals surface area contributed by atoms with Crippen molar-refractivity contribution in [2.24, 2.45) is 0 Å². The highest BCUT2D eigenvalue weighted by Crippen LogP contribution is 2.30. The maximum absolute atomic E-state index is 11.8. The third-order valence-electron chi connectivity index (χ3n) is 2.45. The van der Waals surface area contributed by atoms with Gasteiger partial charge in [0.2, 0.25) is 5.95 Å². The number of aromatic amines is 1. The van der Waals surface area contributed by atoms with E-state index in [1.165, 1.54) is 14.2 Å². The minimum absolute atomic E-state index is 0.222. The lowest BCUT2D eigenvalue weighted by Gasteiger charge is -2.09. The van der Waals surface area contributed by atoms with Gasteiger partial charge in [-0.1, -0.05) is 0 Å². The molecule has 17 heavy (non-hydrogen) atoms. The summed E-state index contributed by atoms with van der Waals surface area (Å²) in [7, 11) is 4.74. The van der Waals surface area contributed by atoms with Gasteiger partial charge in [-0.2, -0.15) is 0 Å². The first-order valence-corrected chi connectivity index (χ1v) is 5.03. The summed E-state index contributed by atoms with van der Waals surface area (Å²) in [6.45, 7) is 0. The van der Waals surface area contributed by atoms with Crippen LogP contribution in [-0.2, 0) is 0 Å². The molecule has 90 valence electrons. The maximum Gasteiger partial charge on any atom is 0.260 e. The fourth-order valence-corrected chi connectivity index (χ4v) is 1.58. The van der Waals surface area contributed by atoms with E-state index in [0.717, 1.165) is 0 Å². The molecule has 1 heterocycles. The van der Waals surface area contributed by atoms with Crippen molar-refractivity contribution in [1.29, 1.82) is 0 Å². The van der Waals surface area contributed by atoms with Crippen molar-refractivity contribution in [3.05, 3.63) is 22.5 Å². The highest BCUT2D eigenvalue weighted by molar-refractivity contribution is 5.82. The molecule has 1 aromatic carbocycles. The zero-order valence-corrected chi connectivity index (χ0v) is 9.83. The van der Waals surface area contributed by atoms with Crippen molar-refractivity contribution in [1.82, 2.24) is 9.97 Å². The standard InChI is InChI=1S/C11H13N3O3/c1-12-11-13-7-5-9(17-3)8(16-2)4-6(7)10(15)14-11/h4-5H,1-3H3,(H2,12,13,14,15). The van der Waals surface area contributed by atoms with Gasteiger partial charge < -0.3 is 14.8 Å². The lowest BCUT2D eigenvalue weighted by Crippen LogP contribution is -2.11. The molecular formula is C11H13N3O3. The SMILES string of the molecule is CNc1nc2cc(OC)c(OC)cc2c(=O)[nH]1. The molecule has 0 unspecified atom stereocenters. The topological polar surface area (TPSA) is 76.2 Å². The quantitative estimate of drug-likeness (QED) is 0.829. The third-order valence-corrected chi connectivity index (χ3v) is 2.45. The van der Waals surface area contributed by atoms with Crippen molar-refractivity contribution in [2.75, 3.05) is 26.6 Å². The molecule has 0 fully saturated rings. The Morgan fingerprint density at radius 1 is 1.24 bits per heavy atom. The Labute approximate surface area is 97.6 Å². The van der Waals surface area contributed by atoms with Gasteiger partial charge in [-0.15, -0.1) is 0 Å². The van der Waals surface area contributed by atoms with Gasteiger partial charge in [0.25, 0.3) is 5.56 Å². The molecule has 1 aromatic heterocycles. The summed E-state index contributed by atoms with van der Waals surface area (Å²) in [6.07, 6.45) is 0. The van der Waals surface area contributed by atoms with E-state index >= 15 is 0 Å². The van der Waals surface area contributed by atoms with Crippen LogP contribution in [-0.4, -0.2) is 31.2 Å². The average molecular weight is 235 g/mol. The molecule has 2 rings (SSSR count). The molecule has 6 nitrogen and oxygen atoms in total. The van der Waals surface area contributed by atoms with Gasteiger partial charge in [0.05, 0.1) is 25.1 Å². The molecule has 0 saturated heterocycles. The molecule has 0 bridgehead atoms. The molecule has 0 atom stereocenters. The predicted molar refractivity (Wildman–Crippen MR) is 65.0 cm³/mol.